The van der Waals surface area contributed by atoms with E-state index in [0.717, 1.165) is 28.7 Å². The van der Waals surface area contributed by atoms with Crippen LogP contribution in [0.25, 0.3) is 10.4 Å². The van der Waals surface area contributed by atoms with Crippen LogP contribution in [0.15, 0.2) is 55.0 Å². The van der Waals surface area contributed by atoms with Crippen molar-refractivity contribution >= 4 is 33.9 Å². The molecular weight excluding hydrogens is 481 g/mol. The summed E-state index contributed by atoms with van der Waals surface area (Å²) >= 11 is 1.64. The Labute approximate surface area is 201 Å². The van der Waals surface area contributed by atoms with Gasteiger partial charge in [-0.2, -0.15) is 0 Å². The number of carbonyl (C=O) groups excluding carboxylic acids is 1. The van der Waals surface area contributed by atoms with E-state index >= 15 is 0 Å². The first-order valence-electron chi connectivity index (χ1n) is 10.5. The second-order valence-corrected chi connectivity index (χ2v) is 8.56. The first-order valence-corrected chi connectivity index (χ1v) is 11.3. The number of ether oxygens (including phenoxy) is 1. The van der Waals surface area contributed by atoms with Crippen LogP contribution in [0.1, 0.15) is 6.42 Å². The Hall–Kier alpha value is -4.19. The van der Waals surface area contributed by atoms with E-state index in [4.69, 9.17) is 4.74 Å². The topological polar surface area (TPSA) is 92.3 Å². The number of amides is 2. The Morgan fingerprint density at radius 1 is 0.914 bits per heavy atom. The summed E-state index contributed by atoms with van der Waals surface area (Å²) in [7, 11) is 0. The van der Waals surface area contributed by atoms with Crippen LogP contribution in [0.4, 0.5) is 34.5 Å². The van der Waals surface area contributed by atoms with Crippen LogP contribution in [-0.2, 0) is 0 Å². The second kappa shape index (κ2) is 9.58. The molecule has 0 atom stereocenters. The summed E-state index contributed by atoms with van der Waals surface area (Å²) in [5.41, 5.74) is 0.683. The molecule has 35 heavy (non-hydrogen) atoms. The maximum absolute atomic E-state index is 13.7. The lowest BCUT2D eigenvalue weighted by Gasteiger charge is -2.30. The highest BCUT2D eigenvalue weighted by atomic mass is 32.1. The maximum atomic E-state index is 13.7. The van der Waals surface area contributed by atoms with E-state index in [1.54, 1.807) is 23.5 Å². The van der Waals surface area contributed by atoms with Gasteiger partial charge in [-0.05, 0) is 36.2 Å². The van der Waals surface area contributed by atoms with E-state index in [-0.39, 0.29) is 11.7 Å². The monoisotopic (exact) mass is 498 g/mol. The van der Waals surface area contributed by atoms with Crippen molar-refractivity contribution in [3.8, 4) is 22.2 Å². The molecule has 2 aromatic heterocycles. The van der Waals surface area contributed by atoms with Crippen molar-refractivity contribution in [3.05, 3.63) is 72.4 Å². The summed E-state index contributed by atoms with van der Waals surface area (Å²) in [6, 6.07) is 7.46. The second-order valence-electron chi connectivity index (χ2n) is 7.55. The average molecular weight is 498 g/mol. The lowest BCUT2D eigenvalue weighted by atomic mass is 10.2. The van der Waals surface area contributed by atoms with Crippen molar-refractivity contribution in [2.24, 2.45) is 0 Å². The summed E-state index contributed by atoms with van der Waals surface area (Å²) in [5.74, 6) is -3.24. The lowest BCUT2D eigenvalue weighted by Crippen LogP contribution is -2.36. The molecule has 1 aliphatic rings. The average Bonchev–Trinajstić information content (AvgIpc) is 3.27. The number of benzene rings is 2. The van der Waals surface area contributed by atoms with Gasteiger partial charge in [-0.3, -0.25) is 0 Å². The molecule has 178 valence electrons. The van der Waals surface area contributed by atoms with Crippen LogP contribution < -0.4 is 20.3 Å². The molecule has 5 rings (SSSR count). The normalized spacial score (nSPS) is 12.7. The number of halogens is 3. The minimum Gasteiger partial charge on any atom is -0.424 e. The van der Waals surface area contributed by atoms with Gasteiger partial charge in [0, 0.05) is 31.4 Å². The Morgan fingerprint density at radius 3 is 2.31 bits per heavy atom. The van der Waals surface area contributed by atoms with Crippen LogP contribution in [0, 0.1) is 17.5 Å². The quantitative estimate of drug-likeness (QED) is 0.333. The van der Waals surface area contributed by atoms with Crippen molar-refractivity contribution in [2.45, 2.75) is 6.42 Å². The predicted octanol–water partition coefficient (Wildman–Crippen LogP) is 5.66. The fourth-order valence-electron chi connectivity index (χ4n) is 3.18. The highest BCUT2D eigenvalue weighted by Gasteiger charge is 2.18. The molecule has 4 aromatic rings. The van der Waals surface area contributed by atoms with Crippen molar-refractivity contribution in [1.29, 1.82) is 0 Å². The van der Waals surface area contributed by atoms with Gasteiger partial charge < -0.3 is 20.3 Å². The number of anilines is 3. The van der Waals surface area contributed by atoms with Gasteiger partial charge in [0.2, 0.25) is 0 Å². The first kappa shape index (κ1) is 22.6. The van der Waals surface area contributed by atoms with Crippen LogP contribution in [-0.4, -0.2) is 34.1 Å². The Bertz CT molecular complexity index is 1360. The smallest absolute Gasteiger partial charge is 0.323 e. The van der Waals surface area contributed by atoms with E-state index in [0.29, 0.717) is 17.9 Å². The molecule has 2 amide bonds. The van der Waals surface area contributed by atoms with Gasteiger partial charge in [-0.1, -0.05) is 11.3 Å². The molecule has 0 unspecified atom stereocenters. The zero-order valence-corrected chi connectivity index (χ0v) is 18.8. The van der Waals surface area contributed by atoms with E-state index in [1.165, 1.54) is 18.8 Å². The fourth-order valence-corrected chi connectivity index (χ4v) is 4.15. The van der Waals surface area contributed by atoms with Crippen LogP contribution in [0.2, 0.25) is 0 Å². The first-order chi connectivity index (χ1) is 16.9. The van der Waals surface area contributed by atoms with E-state index in [2.05, 4.69) is 30.5 Å². The third kappa shape index (κ3) is 5.17. The summed E-state index contributed by atoms with van der Waals surface area (Å²) in [6.07, 6.45) is 5.63. The highest BCUT2D eigenvalue weighted by molar-refractivity contribution is 7.18. The van der Waals surface area contributed by atoms with E-state index < -0.39 is 29.2 Å². The molecule has 12 heteroatoms. The number of nitrogens with one attached hydrogen (secondary N) is 2. The van der Waals surface area contributed by atoms with Crippen molar-refractivity contribution in [2.75, 3.05) is 28.6 Å². The molecule has 2 aromatic carbocycles. The van der Waals surface area contributed by atoms with Crippen molar-refractivity contribution in [3.63, 3.8) is 0 Å². The molecular formula is C23H17F3N6O2S. The molecule has 0 radical (unpaired) electrons. The molecule has 0 aliphatic carbocycles. The van der Waals surface area contributed by atoms with Gasteiger partial charge in [0.05, 0.1) is 28.6 Å². The van der Waals surface area contributed by atoms with Gasteiger partial charge >= 0.3 is 12.0 Å². The zero-order chi connectivity index (χ0) is 24.4. The molecule has 8 nitrogen and oxygen atoms in total. The molecule has 1 aliphatic heterocycles. The zero-order valence-electron chi connectivity index (χ0n) is 18.0. The molecule has 3 heterocycles. The lowest BCUT2D eigenvalue weighted by molar-refractivity contribution is 0.262. The van der Waals surface area contributed by atoms with E-state index in [9.17, 15) is 18.0 Å². The number of urea groups is 1. The predicted molar refractivity (Wildman–Crippen MR) is 125 cm³/mol. The van der Waals surface area contributed by atoms with Gasteiger partial charge in [0.25, 0.3) is 0 Å². The largest absolute Gasteiger partial charge is 0.424 e. The molecule has 2 N–H and O–H groups in total. The Balaban J connectivity index is 1.17. The molecule has 0 spiro atoms. The summed E-state index contributed by atoms with van der Waals surface area (Å²) in [6.45, 7) is 2.09. The van der Waals surface area contributed by atoms with Crippen LogP contribution in [0.3, 0.4) is 0 Å². The molecule has 0 saturated carbocycles. The number of aromatic nitrogens is 3. The Kier molecular flexibility index (Phi) is 6.19. The number of nitrogens with zero attached hydrogens (tertiary/aromatic N) is 4. The summed E-state index contributed by atoms with van der Waals surface area (Å²) in [5, 5.41) is 5.48. The van der Waals surface area contributed by atoms with Crippen molar-refractivity contribution < 1.29 is 22.7 Å². The fraction of sp³-hybridized carbons (Fsp3) is 0.130. The minimum atomic E-state index is -1.35. The SMILES string of the molecule is O=C(Nc1cnc(Oc2ccc(-c3cnc(N4CCC4)s3)cc2)nc1)Nc1cc(F)c(F)cc1F. The number of rotatable bonds is 6. The standard InChI is InChI=1S/C23H17F3N6O2S/c24-16-8-18(26)19(9-17(16)25)31-21(33)30-14-10-27-22(28-11-14)34-15-4-2-13(3-5-15)20-12-29-23(35-20)32-6-1-7-32/h2-5,8-12H,1,6-7H2,(H2,30,31,33). The summed E-state index contributed by atoms with van der Waals surface area (Å²) < 4.78 is 45.6. The van der Waals surface area contributed by atoms with E-state index in [1.807, 2.05) is 18.3 Å². The number of hydrogen-bond donors (Lipinski definition) is 2. The molecule has 0 bridgehead atoms. The van der Waals surface area contributed by atoms with Gasteiger partial charge in [-0.25, -0.2) is 32.9 Å². The van der Waals surface area contributed by atoms with Crippen LogP contribution in [0.5, 0.6) is 11.8 Å². The Morgan fingerprint density at radius 2 is 1.63 bits per heavy atom. The maximum Gasteiger partial charge on any atom is 0.323 e. The van der Waals surface area contributed by atoms with Gasteiger partial charge in [0.1, 0.15) is 11.6 Å². The van der Waals surface area contributed by atoms with Crippen LogP contribution >= 0.6 is 11.3 Å². The minimum absolute atomic E-state index is 0.0493. The number of hydrogen-bond acceptors (Lipinski definition) is 7. The summed E-state index contributed by atoms with van der Waals surface area (Å²) in [4.78, 5) is 27.8. The van der Waals surface area contributed by atoms with Gasteiger partial charge in [-0.15, -0.1) is 0 Å². The highest BCUT2D eigenvalue weighted by Crippen LogP contribution is 2.34. The van der Waals surface area contributed by atoms with Gasteiger partial charge in [0.15, 0.2) is 16.8 Å². The third-order valence-electron chi connectivity index (χ3n) is 5.11. The molecule has 1 fully saturated rings. The molecule has 1 saturated heterocycles. The van der Waals surface area contributed by atoms with Crippen molar-refractivity contribution in [1.82, 2.24) is 15.0 Å². The number of thiazole rings is 1. The third-order valence-corrected chi connectivity index (χ3v) is 6.22. The number of carbonyl (C=O) groups is 1.